The summed E-state index contributed by atoms with van der Waals surface area (Å²) in [7, 11) is 0.120. The second-order valence-corrected chi connectivity index (χ2v) is 19.3. The number of hydrogen-bond donors (Lipinski definition) is 3. The third-order valence-electron chi connectivity index (χ3n) is 14.3. The molecule has 13 heteroatoms. The largest absolute Gasteiger partial charge is 0.460 e. The second kappa shape index (κ2) is 25.2. The van der Waals surface area contributed by atoms with Crippen LogP contribution in [-0.2, 0) is 42.9 Å². The molecule has 3 fully saturated rings. The topological polar surface area (TPSA) is 178 Å². The first-order valence-corrected chi connectivity index (χ1v) is 23.6. The Labute approximate surface area is 397 Å². The van der Waals surface area contributed by atoms with Gasteiger partial charge >= 0.3 is 5.97 Å². The van der Waals surface area contributed by atoms with Gasteiger partial charge in [0.1, 0.15) is 30.1 Å². The Hall–Kier alpha value is -3.30. The molecule has 0 aromatic rings. The number of amides is 1. The zero-order valence-electron chi connectivity index (χ0n) is 45.9. The standard InChI is InChI=1S/C52H81NO12/c1-31-17-13-12-14-18-32(2)44(61-9)29-40-22-20-37(7)52(60,65-40)49(57)50(58)53-24-16-15-19-41(53)51(59)64-45(35(5)27-39-21-23-42(54)46(28-39)62-10)30-43(55)34(4)26-36(6)47(56)48(63-11)38(8)33(3)25-31/h12-14,17-18,26,31,33-35,37,39-42,44-48,54,56,60H,8,15-16,19-25,27-30H2,1-7,9-11H3/b14-12+,17-13+,32-18+,36-26+/t31-,33-,34-,35-,37-,39+,40+,41+,42-,44+,45+,46-,47-,48+,52-/m1/s1/i4D3,9D3. The predicted octanol–water partition coefficient (Wildman–Crippen LogP) is 7.17. The van der Waals surface area contributed by atoms with Gasteiger partial charge in [0.25, 0.3) is 11.7 Å². The fourth-order valence-electron chi connectivity index (χ4n) is 9.90. The molecule has 0 unspecified atom stereocenters. The monoisotopic (exact) mass is 918 g/mol. The number of ether oxygens (including phenoxy) is 5. The molecular formula is C52H81NO12. The van der Waals surface area contributed by atoms with Crippen LogP contribution in [0.5, 0.6) is 0 Å². The van der Waals surface area contributed by atoms with Crippen LogP contribution in [-0.4, -0.2) is 126 Å². The predicted molar refractivity (Wildman–Crippen MR) is 249 cm³/mol. The number of ketones is 2. The van der Waals surface area contributed by atoms with Crippen molar-refractivity contribution in [2.75, 3.05) is 27.8 Å². The molecule has 4 aliphatic rings. The van der Waals surface area contributed by atoms with E-state index in [2.05, 4.69) is 6.58 Å². The van der Waals surface area contributed by atoms with Gasteiger partial charge in [-0.25, -0.2) is 4.79 Å². The maximum absolute atomic E-state index is 14.5. The number of nitrogens with zero attached hydrogens (tertiary/aromatic N) is 1. The summed E-state index contributed by atoms with van der Waals surface area (Å²) in [6, 6.07) is -1.31. The van der Waals surface area contributed by atoms with Gasteiger partial charge in [0.05, 0.1) is 28.5 Å². The van der Waals surface area contributed by atoms with Gasteiger partial charge in [-0.05, 0) is 118 Å². The summed E-state index contributed by atoms with van der Waals surface area (Å²) in [5.41, 5.74) is 1.25. The molecular weight excluding hydrogens is 831 g/mol. The highest BCUT2D eigenvalue weighted by atomic mass is 16.6. The van der Waals surface area contributed by atoms with Crippen molar-refractivity contribution in [2.45, 2.75) is 180 Å². The number of rotatable bonds is 6. The first kappa shape index (κ1) is 45.5. The molecule has 0 aromatic heterocycles. The molecule has 366 valence electrons. The molecule has 1 aliphatic carbocycles. The highest BCUT2D eigenvalue weighted by Crippen LogP contribution is 2.38. The Kier molecular flexibility index (Phi) is 17.6. The van der Waals surface area contributed by atoms with E-state index in [4.69, 9.17) is 31.9 Å². The minimum atomic E-state index is -2.88. The first-order chi connectivity index (χ1) is 33.1. The summed E-state index contributed by atoms with van der Waals surface area (Å²) in [4.78, 5) is 58.7. The average Bonchev–Trinajstić information content (AvgIpc) is 3.30. The summed E-state index contributed by atoms with van der Waals surface area (Å²) in [6.45, 7) is 11.8. The van der Waals surface area contributed by atoms with Gasteiger partial charge in [0, 0.05) is 56.6 Å². The van der Waals surface area contributed by atoms with Crippen molar-refractivity contribution in [3.05, 3.63) is 59.8 Å². The van der Waals surface area contributed by atoms with E-state index in [0.29, 0.717) is 62.5 Å². The van der Waals surface area contributed by atoms with E-state index in [1.54, 1.807) is 39.0 Å². The minimum Gasteiger partial charge on any atom is -0.460 e. The lowest BCUT2D eigenvalue weighted by Gasteiger charge is -2.42. The Morgan fingerprint density at radius 3 is 2.38 bits per heavy atom. The van der Waals surface area contributed by atoms with Crippen molar-refractivity contribution < 1.29 is 66.4 Å². The molecule has 0 spiro atoms. The van der Waals surface area contributed by atoms with Crippen LogP contribution in [0.2, 0.25) is 0 Å². The van der Waals surface area contributed by atoms with Gasteiger partial charge in [0.15, 0.2) is 0 Å². The van der Waals surface area contributed by atoms with Crippen LogP contribution in [0.25, 0.3) is 0 Å². The van der Waals surface area contributed by atoms with Crippen LogP contribution >= 0.6 is 0 Å². The molecule has 15 atom stereocenters. The van der Waals surface area contributed by atoms with Crippen LogP contribution < -0.4 is 0 Å². The van der Waals surface area contributed by atoms with Gasteiger partial charge in [-0.15, -0.1) is 0 Å². The van der Waals surface area contributed by atoms with Crippen molar-refractivity contribution in [1.82, 2.24) is 4.90 Å². The smallest absolute Gasteiger partial charge is 0.329 e. The molecule has 2 bridgehead atoms. The van der Waals surface area contributed by atoms with E-state index in [-0.39, 0.29) is 49.1 Å². The quantitative estimate of drug-likeness (QED) is 0.139. The molecule has 2 saturated heterocycles. The number of aliphatic hydroxyl groups is 3. The summed E-state index contributed by atoms with van der Waals surface area (Å²) < 4.78 is 78.2. The van der Waals surface area contributed by atoms with E-state index < -0.39 is 116 Å². The zero-order valence-corrected chi connectivity index (χ0v) is 39.9. The van der Waals surface area contributed by atoms with E-state index in [1.807, 2.05) is 26.0 Å². The lowest BCUT2D eigenvalue weighted by atomic mass is 9.78. The fourth-order valence-corrected chi connectivity index (χ4v) is 9.90. The number of allylic oxidation sites excluding steroid dienone is 6. The number of piperidine rings is 1. The maximum atomic E-state index is 14.5. The maximum Gasteiger partial charge on any atom is 0.329 e. The van der Waals surface area contributed by atoms with Crippen molar-refractivity contribution >= 4 is 23.4 Å². The van der Waals surface area contributed by atoms with Crippen molar-refractivity contribution in [3.8, 4) is 0 Å². The molecule has 1 saturated carbocycles. The molecule has 3 aliphatic heterocycles. The number of fused-ring (bicyclic) bond motifs is 3. The normalized spacial score (nSPS) is 42.2. The van der Waals surface area contributed by atoms with Gasteiger partial charge in [-0.2, -0.15) is 0 Å². The summed E-state index contributed by atoms with van der Waals surface area (Å²) in [6.07, 6.45) is 7.16. The number of cyclic esters (lactones) is 1. The Morgan fingerprint density at radius 2 is 1.69 bits per heavy atom. The van der Waals surface area contributed by atoms with Crippen LogP contribution in [0.1, 0.15) is 134 Å². The minimum absolute atomic E-state index is 0.0125. The van der Waals surface area contributed by atoms with Gasteiger partial charge in [0.2, 0.25) is 5.79 Å². The lowest BCUT2D eigenvalue weighted by Crippen LogP contribution is -2.61. The number of esters is 1. The number of aliphatic hydroxyl groups excluding tert-OH is 2. The number of methoxy groups -OCH3 is 3. The van der Waals surface area contributed by atoms with Crippen LogP contribution in [0, 0.1) is 35.5 Å². The molecule has 1 amide bonds. The van der Waals surface area contributed by atoms with Crippen LogP contribution in [0.4, 0.5) is 0 Å². The van der Waals surface area contributed by atoms with Crippen molar-refractivity contribution in [2.24, 2.45) is 35.5 Å². The summed E-state index contributed by atoms with van der Waals surface area (Å²) >= 11 is 0. The van der Waals surface area contributed by atoms with Gasteiger partial charge < -0.3 is 43.9 Å². The molecule has 0 aromatic carbocycles. The molecule has 3 N–H and O–H groups in total. The molecule has 0 radical (unpaired) electrons. The van der Waals surface area contributed by atoms with Crippen molar-refractivity contribution in [3.63, 3.8) is 0 Å². The van der Waals surface area contributed by atoms with Crippen LogP contribution in [0.3, 0.4) is 0 Å². The third-order valence-corrected chi connectivity index (χ3v) is 14.3. The molecule has 13 nitrogen and oxygen atoms in total. The number of hydrogen-bond acceptors (Lipinski definition) is 12. The molecule has 3 heterocycles. The van der Waals surface area contributed by atoms with Gasteiger partial charge in [-0.3, -0.25) is 14.4 Å². The molecule has 4 rings (SSSR count). The first-order valence-electron chi connectivity index (χ1n) is 26.6. The Bertz CT molecular complexity index is 1970. The van der Waals surface area contributed by atoms with E-state index in [9.17, 15) is 34.5 Å². The molecule has 65 heavy (non-hydrogen) atoms. The van der Waals surface area contributed by atoms with Crippen LogP contribution in [0.15, 0.2) is 59.8 Å². The SMILES string of the molecule is [2H]C([2H])([2H])O[C@H]1C[C@@H]2CC[C@@H](C)[C@@](O)(O2)C(=O)C(=O)N2CCCC[C@H]2C(=O)O[C@H]([C@H](C)C[C@@H]2CC[C@@H](O)[C@H](OC)C2)CC(=O)[C@H](C([2H])([2H])[2H])/C=C(\C)[C@@H](O)[C@@H](OC)C(=C)[C@H](C)C[C@H](C)/C=C/C=C/C=C/1C. The van der Waals surface area contributed by atoms with Gasteiger partial charge in [-0.1, -0.05) is 77.6 Å². The zero-order chi connectivity index (χ0) is 53.2. The highest BCUT2D eigenvalue weighted by molar-refractivity contribution is 6.39. The van der Waals surface area contributed by atoms with E-state index in [1.165, 1.54) is 27.2 Å². The number of carbonyl (C=O) groups excluding carboxylic acids is 4. The number of carbonyl (C=O) groups is 4. The van der Waals surface area contributed by atoms with E-state index in [0.717, 1.165) is 4.90 Å². The second-order valence-electron chi connectivity index (χ2n) is 19.3. The lowest BCUT2D eigenvalue weighted by molar-refractivity contribution is -0.265. The fraction of sp³-hybridized carbons (Fsp3) is 0.731. The Morgan fingerprint density at radius 1 is 0.938 bits per heavy atom. The Balaban J connectivity index is 1.79. The van der Waals surface area contributed by atoms with Crippen molar-refractivity contribution in [1.29, 1.82) is 0 Å². The average molecular weight is 918 g/mol. The summed E-state index contributed by atoms with van der Waals surface area (Å²) in [5, 5.41) is 34.2. The van der Waals surface area contributed by atoms with E-state index >= 15 is 0 Å². The highest BCUT2D eigenvalue weighted by Gasteiger charge is 2.53. The number of Topliss-reactive ketones (excluding diaryl/α,β-unsaturated/α-hetero) is 2. The summed E-state index contributed by atoms with van der Waals surface area (Å²) in [5.74, 6) is -10.1. The third kappa shape index (κ3) is 14.4.